The van der Waals surface area contributed by atoms with Crippen molar-refractivity contribution in [1.29, 1.82) is 0 Å². The maximum absolute atomic E-state index is 4.20. The summed E-state index contributed by atoms with van der Waals surface area (Å²) in [4.78, 5) is 0. The number of benzene rings is 1. The molecule has 0 fully saturated rings. The molecule has 0 unspecified atom stereocenters. The van der Waals surface area contributed by atoms with Gasteiger partial charge in [-0.1, -0.05) is 18.2 Å². The lowest BCUT2D eigenvalue weighted by atomic mass is 10.3. The van der Waals surface area contributed by atoms with E-state index in [0.29, 0.717) is 6.54 Å². The molecule has 1 atom stereocenters. The van der Waals surface area contributed by atoms with Crippen LogP contribution in [0.4, 0.5) is 0 Å². The molecule has 21 heavy (non-hydrogen) atoms. The molecule has 3 aromatic rings. The van der Waals surface area contributed by atoms with Crippen molar-refractivity contribution >= 4 is 0 Å². The van der Waals surface area contributed by atoms with E-state index in [2.05, 4.69) is 32.9 Å². The molecule has 2 heterocycles. The third kappa shape index (κ3) is 3.32. The van der Waals surface area contributed by atoms with Crippen LogP contribution < -0.4 is 5.32 Å². The molecular formula is C14H17N7. The molecule has 1 N–H and O–H groups in total. The second-order valence-corrected chi connectivity index (χ2v) is 4.85. The van der Waals surface area contributed by atoms with Crippen LogP contribution in [0.2, 0.25) is 0 Å². The molecule has 0 aliphatic carbocycles. The highest BCUT2D eigenvalue weighted by molar-refractivity contribution is 5.30. The zero-order valence-corrected chi connectivity index (χ0v) is 11.8. The van der Waals surface area contributed by atoms with Gasteiger partial charge in [0.15, 0.2) is 5.82 Å². The van der Waals surface area contributed by atoms with Crippen molar-refractivity contribution in [2.45, 2.75) is 26.1 Å². The molecule has 0 aliphatic heterocycles. The number of nitrogens with zero attached hydrogens (tertiary/aromatic N) is 6. The number of rotatable bonds is 6. The summed E-state index contributed by atoms with van der Waals surface area (Å²) in [5.74, 6) is 0.786. The van der Waals surface area contributed by atoms with Gasteiger partial charge in [-0.2, -0.15) is 9.78 Å². The van der Waals surface area contributed by atoms with Crippen LogP contribution in [0.15, 0.2) is 48.8 Å². The Morgan fingerprint density at radius 1 is 1.19 bits per heavy atom. The largest absolute Gasteiger partial charge is 0.305 e. The van der Waals surface area contributed by atoms with E-state index in [1.54, 1.807) is 10.9 Å². The van der Waals surface area contributed by atoms with Crippen LogP contribution in [-0.4, -0.2) is 36.0 Å². The topological polar surface area (TPSA) is 73.5 Å². The smallest absolute Gasteiger partial charge is 0.170 e. The first-order valence-corrected chi connectivity index (χ1v) is 6.86. The number of hydrogen-bond donors (Lipinski definition) is 1. The average Bonchev–Trinajstić information content (AvgIpc) is 3.17. The predicted octanol–water partition coefficient (Wildman–Crippen LogP) is 1.04. The Bertz CT molecular complexity index is 660. The van der Waals surface area contributed by atoms with Gasteiger partial charge in [0.25, 0.3) is 0 Å². The van der Waals surface area contributed by atoms with Crippen LogP contribution in [0.1, 0.15) is 12.7 Å². The molecule has 0 saturated carbocycles. The minimum atomic E-state index is 0.269. The third-order valence-electron chi connectivity index (χ3n) is 3.16. The van der Waals surface area contributed by atoms with E-state index in [4.69, 9.17) is 0 Å². The Balaban J connectivity index is 1.62. The number of para-hydroxylation sites is 1. The zero-order chi connectivity index (χ0) is 14.5. The highest BCUT2D eigenvalue weighted by Gasteiger charge is 2.09. The van der Waals surface area contributed by atoms with Gasteiger partial charge in [-0.3, -0.25) is 4.68 Å². The fourth-order valence-electron chi connectivity index (χ4n) is 2.10. The van der Waals surface area contributed by atoms with E-state index in [1.165, 1.54) is 0 Å². The minimum Gasteiger partial charge on any atom is -0.305 e. The second-order valence-electron chi connectivity index (χ2n) is 4.85. The van der Waals surface area contributed by atoms with E-state index in [9.17, 15) is 0 Å². The summed E-state index contributed by atoms with van der Waals surface area (Å²) in [5.41, 5.74) is 0.957. The maximum Gasteiger partial charge on any atom is 0.170 e. The molecule has 7 heteroatoms. The van der Waals surface area contributed by atoms with E-state index < -0.39 is 0 Å². The fourth-order valence-corrected chi connectivity index (χ4v) is 2.10. The van der Waals surface area contributed by atoms with Crippen LogP contribution in [0.3, 0.4) is 0 Å². The van der Waals surface area contributed by atoms with Gasteiger partial charge in [0.2, 0.25) is 0 Å². The second kappa shape index (κ2) is 6.27. The van der Waals surface area contributed by atoms with Gasteiger partial charge in [0.1, 0.15) is 0 Å². The van der Waals surface area contributed by atoms with E-state index >= 15 is 0 Å². The Labute approximate surface area is 122 Å². The molecule has 0 aliphatic rings. The highest BCUT2D eigenvalue weighted by atomic mass is 15.5. The van der Waals surface area contributed by atoms with Gasteiger partial charge in [0.05, 0.1) is 18.8 Å². The van der Waals surface area contributed by atoms with Crippen molar-refractivity contribution in [2.75, 3.05) is 0 Å². The predicted molar refractivity (Wildman–Crippen MR) is 77.7 cm³/mol. The van der Waals surface area contributed by atoms with Gasteiger partial charge in [0, 0.05) is 18.4 Å². The van der Waals surface area contributed by atoms with Crippen molar-refractivity contribution in [1.82, 2.24) is 35.3 Å². The summed E-state index contributed by atoms with van der Waals surface area (Å²) in [5, 5.41) is 19.5. The van der Waals surface area contributed by atoms with E-state index in [-0.39, 0.29) is 6.04 Å². The molecule has 3 rings (SSSR count). The van der Waals surface area contributed by atoms with E-state index in [1.807, 2.05) is 47.3 Å². The molecule has 0 amide bonds. The lowest BCUT2D eigenvalue weighted by Crippen LogP contribution is -2.31. The molecule has 108 valence electrons. The fraction of sp³-hybridized carbons (Fsp3) is 0.286. The van der Waals surface area contributed by atoms with Crippen LogP contribution in [0.25, 0.3) is 5.69 Å². The normalized spacial score (nSPS) is 12.4. The Hall–Kier alpha value is -2.54. The number of nitrogens with one attached hydrogen (secondary N) is 1. The van der Waals surface area contributed by atoms with E-state index in [0.717, 1.165) is 18.1 Å². The first-order chi connectivity index (χ1) is 10.3. The van der Waals surface area contributed by atoms with Crippen LogP contribution in [0, 0.1) is 0 Å². The average molecular weight is 283 g/mol. The molecule has 0 spiro atoms. The van der Waals surface area contributed by atoms with Crippen LogP contribution in [0.5, 0.6) is 0 Å². The van der Waals surface area contributed by atoms with Crippen molar-refractivity contribution < 1.29 is 0 Å². The standard InChI is InChI=1S/C14H17N7/c1-12(11-20-9-5-8-16-20)15-10-14-17-18-19-21(14)13-6-3-2-4-7-13/h2-9,12,15H,10-11H2,1H3/t12-/m1/s1. The zero-order valence-electron chi connectivity index (χ0n) is 11.8. The van der Waals surface area contributed by atoms with Gasteiger partial charge in [-0.15, -0.1) is 5.10 Å². The van der Waals surface area contributed by atoms with Crippen molar-refractivity contribution in [3.63, 3.8) is 0 Å². The summed E-state index contributed by atoms with van der Waals surface area (Å²) in [6.07, 6.45) is 3.73. The molecule has 7 nitrogen and oxygen atoms in total. The SMILES string of the molecule is C[C@H](Cn1cccn1)NCc1nnnn1-c1ccccc1. The summed E-state index contributed by atoms with van der Waals surface area (Å²) in [6.45, 7) is 3.52. The summed E-state index contributed by atoms with van der Waals surface area (Å²) in [6, 6.07) is 12.1. The quantitative estimate of drug-likeness (QED) is 0.731. The van der Waals surface area contributed by atoms with Crippen molar-refractivity contribution in [3.8, 4) is 5.69 Å². The number of hydrogen-bond acceptors (Lipinski definition) is 5. The third-order valence-corrected chi connectivity index (χ3v) is 3.16. The van der Waals surface area contributed by atoms with Crippen LogP contribution >= 0.6 is 0 Å². The Kier molecular flexibility index (Phi) is 4.02. The molecule has 1 aromatic carbocycles. The Morgan fingerprint density at radius 3 is 2.81 bits per heavy atom. The molecule has 0 saturated heterocycles. The summed E-state index contributed by atoms with van der Waals surface area (Å²) >= 11 is 0. The molecule has 0 radical (unpaired) electrons. The van der Waals surface area contributed by atoms with Gasteiger partial charge in [-0.05, 0) is 35.5 Å². The molecular weight excluding hydrogens is 266 g/mol. The van der Waals surface area contributed by atoms with Crippen LogP contribution in [-0.2, 0) is 13.1 Å². The summed E-state index contributed by atoms with van der Waals surface area (Å²) in [7, 11) is 0. The van der Waals surface area contributed by atoms with Gasteiger partial charge < -0.3 is 5.32 Å². The van der Waals surface area contributed by atoms with Gasteiger partial charge in [-0.25, -0.2) is 0 Å². The lowest BCUT2D eigenvalue weighted by Gasteiger charge is -2.13. The molecule has 2 aromatic heterocycles. The van der Waals surface area contributed by atoms with Gasteiger partial charge >= 0.3 is 0 Å². The first kappa shape index (κ1) is 13.4. The monoisotopic (exact) mass is 283 g/mol. The molecule has 0 bridgehead atoms. The highest BCUT2D eigenvalue weighted by Crippen LogP contribution is 2.06. The number of tetrazole rings is 1. The minimum absolute atomic E-state index is 0.269. The van der Waals surface area contributed by atoms with Crippen molar-refractivity contribution in [3.05, 3.63) is 54.6 Å². The maximum atomic E-state index is 4.20. The Morgan fingerprint density at radius 2 is 2.05 bits per heavy atom. The first-order valence-electron chi connectivity index (χ1n) is 6.86. The van der Waals surface area contributed by atoms with Crippen molar-refractivity contribution in [2.24, 2.45) is 0 Å². The summed E-state index contributed by atoms with van der Waals surface area (Å²) < 4.78 is 3.64. The number of aromatic nitrogens is 6. The lowest BCUT2D eigenvalue weighted by molar-refractivity contribution is 0.443.